The second-order valence-electron chi connectivity index (χ2n) is 6.05. The third-order valence-electron chi connectivity index (χ3n) is 4.48. The molecule has 1 saturated carbocycles. The third-order valence-corrected chi connectivity index (χ3v) is 4.76. The molecule has 3 atom stereocenters. The SMILES string of the molecule is CC1CCC(C#N)(C(O)c2cc(Cl)c3c(c2)OCCO3)C1. The molecule has 2 aliphatic rings. The molecule has 1 aromatic rings. The summed E-state index contributed by atoms with van der Waals surface area (Å²) in [5, 5.41) is 20.7. The molecule has 21 heavy (non-hydrogen) atoms. The lowest BCUT2D eigenvalue weighted by atomic mass is 9.78. The summed E-state index contributed by atoms with van der Waals surface area (Å²) < 4.78 is 11.0. The quantitative estimate of drug-likeness (QED) is 0.908. The van der Waals surface area contributed by atoms with Crippen molar-refractivity contribution in [2.24, 2.45) is 11.3 Å². The van der Waals surface area contributed by atoms with Gasteiger partial charge in [-0.05, 0) is 42.9 Å². The summed E-state index contributed by atoms with van der Waals surface area (Å²) in [5.41, 5.74) is -0.105. The molecular formula is C16H18ClNO3. The van der Waals surface area contributed by atoms with Gasteiger partial charge in [0.15, 0.2) is 11.5 Å². The van der Waals surface area contributed by atoms with Gasteiger partial charge in [0.25, 0.3) is 0 Å². The number of hydrogen-bond donors (Lipinski definition) is 1. The van der Waals surface area contributed by atoms with Crippen LogP contribution >= 0.6 is 11.6 Å². The standard InChI is InChI=1S/C16H18ClNO3/c1-10-2-3-16(8-10,9-18)15(19)11-6-12(17)14-13(7-11)20-4-5-21-14/h6-7,10,15,19H,2-5,8H2,1H3. The number of halogens is 1. The molecule has 1 heterocycles. The van der Waals surface area contributed by atoms with Gasteiger partial charge in [-0.15, -0.1) is 0 Å². The van der Waals surface area contributed by atoms with Gasteiger partial charge in [0.2, 0.25) is 0 Å². The lowest BCUT2D eigenvalue weighted by Crippen LogP contribution is -2.25. The molecule has 0 bridgehead atoms. The van der Waals surface area contributed by atoms with Crippen LogP contribution in [-0.4, -0.2) is 18.3 Å². The number of fused-ring (bicyclic) bond motifs is 1. The zero-order valence-corrected chi connectivity index (χ0v) is 12.7. The monoisotopic (exact) mass is 307 g/mol. The van der Waals surface area contributed by atoms with Crippen LogP contribution in [0.4, 0.5) is 0 Å². The summed E-state index contributed by atoms with van der Waals surface area (Å²) in [6, 6.07) is 5.77. The molecule has 5 heteroatoms. The van der Waals surface area contributed by atoms with Gasteiger partial charge in [0, 0.05) is 0 Å². The van der Waals surface area contributed by atoms with Crippen LogP contribution in [0, 0.1) is 22.7 Å². The van der Waals surface area contributed by atoms with Crippen LogP contribution < -0.4 is 9.47 Å². The Bertz CT molecular complexity index is 598. The molecule has 1 fully saturated rings. The molecule has 0 saturated heterocycles. The molecule has 1 N–H and O–H groups in total. The van der Waals surface area contributed by atoms with Crippen LogP contribution in [0.2, 0.25) is 5.02 Å². The van der Waals surface area contributed by atoms with Crippen LogP contribution in [0.1, 0.15) is 37.9 Å². The molecule has 0 amide bonds. The largest absolute Gasteiger partial charge is 0.486 e. The third kappa shape index (κ3) is 2.45. The van der Waals surface area contributed by atoms with Crippen LogP contribution in [0.3, 0.4) is 0 Å². The Morgan fingerprint density at radius 2 is 2.19 bits per heavy atom. The maximum atomic E-state index is 10.7. The van der Waals surface area contributed by atoms with Crippen molar-refractivity contribution in [3.05, 3.63) is 22.7 Å². The highest BCUT2D eigenvalue weighted by molar-refractivity contribution is 6.32. The molecule has 0 aromatic heterocycles. The Balaban J connectivity index is 1.97. The first-order chi connectivity index (χ1) is 10.1. The first kappa shape index (κ1) is 14.5. The second-order valence-corrected chi connectivity index (χ2v) is 6.45. The van der Waals surface area contributed by atoms with Crippen molar-refractivity contribution in [3.8, 4) is 17.6 Å². The number of rotatable bonds is 2. The number of benzene rings is 1. The van der Waals surface area contributed by atoms with Gasteiger partial charge < -0.3 is 14.6 Å². The molecule has 112 valence electrons. The number of aliphatic hydroxyl groups is 1. The van der Waals surface area contributed by atoms with E-state index < -0.39 is 11.5 Å². The number of nitriles is 1. The Hall–Kier alpha value is -1.44. The van der Waals surface area contributed by atoms with Gasteiger partial charge in [-0.1, -0.05) is 18.5 Å². The van der Waals surface area contributed by atoms with Crippen molar-refractivity contribution in [3.63, 3.8) is 0 Å². The molecule has 1 aliphatic heterocycles. The van der Waals surface area contributed by atoms with Crippen molar-refractivity contribution in [2.75, 3.05) is 13.2 Å². The van der Waals surface area contributed by atoms with Crippen LogP contribution in [0.15, 0.2) is 12.1 Å². The zero-order valence-electron chi connectivity index (χ0n) is 11.9. The van der Waals surface area contributed by atoms with Gasteiger partial charge in [0.05, 0.1) is 22.6 Å². The first-order valence-electron chi connectivity index (χ1n) is 7.24. The fourth-order valence-electron chi connectivity index (χ4n) is 3.35. The Morgan fingerprint density at radius 1 is 1.43 bits per heavy atom. The fourth-order valence-corrected chi connectivity index (χ4v) is 3.62. The summed E-state index contributed by atoms with van der Waals surface area (Å²) in [5.74, 6) is 1.51. The lowest BCUT2D eigenvalue weighted by molar-refractivity contribution is 0.0641. The molecule has 0 spiro atoms. The minimum atomic E-state index is -0.860. The topological polar surface area (TPSA) is 62.5 Å². The molecule has 1 aliphatic carbocycles. The average molecular weight is 308 g/mol. The summed E-state index contributed by atoms with van der Waals surface area (Å²) in [6.07, 6.45) is 1.51. The number of aliphatic hydroxyl groups excluding tert-OH is 1. The van der Waals surface area contributed by atoms with Crippen molar-refractivity contribution >= 4 is 11.6 Å². The maximum Gasteiger partial charge on any atom is 0.179 e. The zero-order chi connectivity index (χ0) is 15.0. The summed E-state index contributed by atoms with van der Waals surface area (Å²) in [6.45, 7) is 3.04. The van der Waals surface area contributed by atoms with Crippen molar-refractivity contribution in [1.29, 1.82) is 5.26 Å². The second kappa shape index (κ2) is 5.40. The van der Waals surface area contributed by atoms with Gasteiger partial charge in [0.1, 0.15) is 13.2 Å². The van der Waals surface area contributed by atoms with Crippen molar-refractivity contribution in [1.82, 2.24) is 0 Å². The highest BCUT2D eigenvalue weighted by Crippen LogP contribution is 2.51. The molecular weight excluding hydrogens is 290 g/mol. The summed E-state index contributed by atoms with van der Waals surface area (Å²) in [7, 11) is 0. The Morgan fingerprint density at radius 3 is 2.86 bits per heavy atom. The molecule has 1 aromatic carbocycles. The van der Waals surface area contributed by atoms with Crippen molar-refractivity contribution in [2.45, 2.75) is 32.3 Å². The summed E-state index contributed by atoms with van der Waals surface area (Å²) >= 11 is 6.22. The average Bonchev–Trinajstić information content (AvgIpc) is 2.89. The van der Waals surface area contributed by atoms with E-state index >= 15 is 0 Å². The van der Waals surface area contributed by atoms with E-state index in [0.29, 0.717) is 54.1 Å². The van der Waals surface area contributed by atoms with Crippen molar-refractivity contribution < 1.29 is 14.6 Å². The number of hydrogen-bond acceptors (Lipinski definition) is 4. The van der Waals surface area contributed by atoms with E-state index in [1.165, 1.54) is 0 Å². The lowest BCUT2D eigenvalue weighted by Gasteiger charge is -2.29. The van der Waals surface area contributed by atoms with E-state index in [0.717, 1.165) is 6.42 Å². The van der Waals surface area contributed by atoms with Gasteiger partial charge in [-0.2, -0.15) is 5.26 Å². The fraction of sp³-hybridized carbons (Fsp3) is 0.562. The molecule has 3 unspecified atom stereocenters. The van der Waals surface area contributed by atoms with Crippen LogP contribution in [-0.2, 0) is 0 Å². The van der Waals surface area contributed by atoms with E-state index in [1.54, 1.807) is 12.1 Å². The number of ether oxygens (including phenoxy) is 2. The van der Waals surface area contributed by atoms with E-state index in [9.17, 15) is 10.4 Å². The van der Waals surface area contributed by atoms with E-state index in [1.807, 2.05) is 0 Å². The van der Waals surface area contributed by atoms with Crippen LogP contribution in [0.25, 0.3) is 0 Å². The molecule has 4 nitrogen and oxygen atoms in total. The van der Waals surface area contributed by atoms with E-state index in [4.69, 9.17) is 21.1 Å². The Labute approximate surface area is 129 Å². The Kier molecular flexibility index (Phi) is 3.73. The predicted molar refractivity (Wildman–Crippen MR) is 78.5 cm³/mol. The minimum Gasteiger partial charge on any atom is -0.486 e. The first-order valence-corrected chi connectivity index (χ1v) is 7.62. The van der Waals surface area contributed by atoms with E-state index in [2.05, 4.69) is 13.0 Å². The molecule has 0 radical (unpaired) electrons. The van der Waals surface area contributed by atoms with Crippen LogP contribution in [0.5, 0.6) is 11.5 Å². The van der Waals surface area contributed by atoms with Gasteiger partial charge in [-0.3, -0.25) is 0 Å². The smallest absolute Gasteiger partial charge is 0.179 e. The number of nitrogens with zero attached hydrogens (tertiary/aromatic N) is 1. The normalized spacial score (nSPS) is 29.0. The maximum absolute atomic E-state index is 10.7. The van der Waals surface area contributed by atoms with Gasteiger partial charge in [-0.25, -0.2) is 0 Å². The predicted octanol–water partition coefficient (Wildman–Crippen LogP) is 3.47. The summed E-state index contributed by atoms with van der Waals surface area (Å²) in [4.78, 5) is 0. The van der Waals surface area contributed by atoms with E-state index in [-0.39, 0.29) is 0 Å². The molecule has 3 rings (SSSR count). The highest BCUT2D eigenvalue weighted by Gasteiger charge is 2.45. The van der Waals surface area contributed by atoms with Gasteiger partial charge >= 0.3 is 0 Å². The minimum absolute atomic E-state index is 0.417. The highest BCUT2D eigenvalue weighted by atomic mass is 35.5.